The monoisotopic (exact) mass is 375 g/mol. The van der Waals surface area contributed by atoms with Crippen LogP contribution >= 0.6 is 0 Å². The third kappa shape index (κ3) is 3.74. The van der Waals surface area contributed by atoms with Gasteiger partial charge in [-0.25, -0.2) is 9.37 Å². The van der Waals surface area contributed by atoms with E-state index in [1.807, 2.05) is 35.2 Å². The number of hydrogen-bond acceptors (Lipinski definition) is 3. The van der Waals surface area contributed by atoms with Gasteiger partial charge >= 0.3 is 0 Å². The van der Waals surface area contributed by atoms with Gasteiger partial charge in [-0.2, -0.15) is 0 Å². The number of benzene rings is 2. The molecule has 0 spiro atoms. The average molecular weight is 375 g/mol. The Morgan fingerprint density at radius 3 is 2.68 bits per heavy atom. The Morgan fingerprint density at radius 1 is 1.14 bits per heavy atom. The fourth-order valence-corrected chi connectivity index (χ4v) is 3.63. The quantitative estimate of drug-likeness (QED) is 0.716. The highest BCUT2D eigenvalue weighted by Crippen LogP contribution is 2.33. The van der Waals surface area contributed by atoms with Crippen LogP contribution in [-0.2, 0) is 12.8 Å². The van der Waals surface area contributed by atoms with E-state index in [9.17, 15) is 9.18 Å². The van der Waals surface area contributed by atoms with Crippen LogP contribution in [0.4, 0.5) is 15.9 Å². The standard InChI is InChI=1S/C23H22FN3O/c1-16-14-18-4-2-3-5-21(18)27(16)23(28)19-8-11-22(26-15-19)25-13-12-17-6-9-20(24)10-7-17/h2-11,15-16H,12-14H2,1H3,(H,25,26). The van der Waals surface area contributed by atoms with E-state index < -0.39 is 0 Å². The lowest BCUT2D eigenvalue weighted by Crippen LogP contribution is -2.35. The minimum absolute atomic E-state index is 0.0252. The first kappa shape index (κ1) is 18.2. The van der Waals surface area contributed by atoms with Crippen molar-refractivity contribution >= 4 is 17.4 Å². The zero-order valence-corrected chi connectivity index (χ0v) is 15.7. The Bertz CT molecular complexity index is 970. The van der Waals surface area contributed by atoms with Crippen LogP contribution in [0.3, 0.4) is 0 Å². The van der Waals surface area contributed by atoms with Crippen LogP contribution in [0, 0.1) is 5.82 Å². The molecule has 0 aliphatic carbocycles. The van der Waals surface area contributed by atoms with Gasteiger partial charge in [-0.05, 0) is 61.2 Å². The molecule has 0 radical (unpaired) electrons. The fraction of sp³-hybridized carbons (Fsp3) is 0.217. The summed E-state index contributed by atoms with van der Waals surface area (Å²) in [6, 6.07) is 18.3. The van der Waals surface area contributed by atoms with Gasteiger partial charge in [-0.15, -0.1) is 0 Å². The van der Waals surface area contributed by atoms with Crippen molar-refractivity contribution in [3.63, 3.8) is 0 Å². The minimum Gasteiger partial charge on any atom is -0.370 e. The predicted molar refractivity (Wildman–Crippen MR) is 109 cm³/mol. The summed E-state index contributed by atoms with van der Waals surface area (Å²) in [6.07, 6.45) is 3.26. The van der Waals surface area contributed by atoms with E-state index >= 15 is 0 Å². The first-order chi connectivity index (χ1) is 13.6. The van der Waals surface area contributed by atoms with Gasteiger partial charge in [0.05, 0.1) is 5.56 Å². The van der Waals surface area contributed by atoms with E-state index in [-0.39, 0.29) is 17.8 Å². The number of aromatic nitrogens is 1. The molecule has 4 nitrogen and oxygen atoms in total. The van der Waals surface area contributed by atoms with E-state index in [0.717, 1.165) is 24.1 Å². The number of anilines is 2. The Hall–Kier alpha value is -3.21. The summed E-state index contributed by atoms with van der Waals surface area (Å²) in [6.45, 7) is 2.75. The van der Waals surface area contributed by atoms with Gasteiger partial charge in [0.2, 0.25) is 0 Å². The topological polar surface area (TPSA) is 45.2 Å². The Kier molecular flexibility index (Phi) is 5.06. The van der Waals surface area contributed by atoms with Gasteiger partial charge in [0.15, 0.2) is 0 Å². The maximum absolute atomic E-state index is 13.0. The number of nitrogens with zero attached hydrogens (tertiary/aromatic N) is 2. The smallest absolute Gasteiger partial charge is 0.260 e. The Labute approximate surface area is 164 Å². The summed E-state index contributed by atoms with van der Waals surface area (Å²) in [5.41, 5.74) is 3.83. The summed E-state index contributed by atoms with van der Waals surface area (Å²) < 4.78 is 12.9. The Balaban J connectivity index is 1.39. The molecule has 0 bridgehead atoms. The van der Waals surface area contributed by atoms with E-state index in [1.54, 1.807) is 18.3 Å². The normalized spacial score (nSPS) is 15.4. The molecule has 0 saturated carbocycles. The molecule has 5 heteroatoms. The van der Waals surface area contributed by atoms with Gasteiger partial charge in [-0.1, -0.05) is 30.3 Å². The van der Waals surface area contributed by atoms with Crippen LogP contribution in [0.2, 0.25) is 0 Å². The number of rotatable bonds is 5. The second-order valence-corrected chi connectivity index (χ2v) is 7.09. The number of pyridine rings is 1. The maximum Gasteiger partial charge on any atom is 0.260 e. The zero-order chi connectivity index (χ0) is 19.5. The lowest BCUT2D eigenvalue weighted by atomic mass is 10.1. The first-order valence-electron chi connectivity index (χ1n) is 9.47. The second kappa shape index (κ2) is 7.80. The van der Waals surface area contributed by atoms with Crippen LogP contribution in [0.25, 0.3) is 0 Å². The van der Waals surface area contributed by atoms with Crippen molar-refractivity contribution in [3.05, 3.63) is 89.4 Å². The highest BCUT2D eigenvalue weighted by Gasteiger charge is 2.31. The molecular weight excluding hydrogens is 353 g/mol. The molecule has 1 unspecified atom stereocenters. The van der Waals surface area contributed by atoms with Gasteiger partial charge in [0.1, 0.15) is 11.6 Å². The third-order valence-electron chi connectivity index (χ3n) is 5.07. The number of nitrogens with one attached hydrogen (secondary N) is 1. The van der Waals surface area contributed by atoms with Crippen molar-refractivity contribution in [3.8, 4) is 0 Å². The van der Waals surface area contributed by atoms with Crippen molar-refractivity contribution in [2.75, 3.05) is 16.8 Å². The Morgan fingerprint density at radius 2 is 1.93 bits per heavy atom. The van der Waals surface area contributed by atoms with Gasteiger partial charge in [0, 0.05) is 24.5 Å². The lowest BCUT2D eigenvalue weighted by molar-refractivity contribution is 0.0981. The van der Waals surface area contributed by atoms with Crippen molar-refractivity contribution < 1.29 is 9.18 Å². The van der Waals surface area contributed by atoms with Gasteiger partial charge in [-0.3, -0.25) is 4.79 Å². The van der Waals surface area contributed by atoms with Crippen molar-refractivity contribution in [2.45, 2.75) is 25.8 Å². The second-order valence-electron chi connectivity index (χ2n) is 7.09. The van der Waals surface area contributed by atoms with E-state index in [0.29, 0.717) is 17.9 Å². The fourth-order valence-electron chi connectivity index (χ4n) is 3.63. The summed E-state index contributed by atoms with van der Waals surface area (Å²) in [5.74, 6) is 0.463. The minimum atomic E-state index is -0.228. The molecule has 4 rings (SSSR count). The first-order valence-corrected chi connectivity index (χ1v) is 9.47. The summed E-state index contributed by atoms with van der Waals surface area (Å²) in [4.78, 5) is 19.2. The summed E-state index contributed by atoms with van der Waals surface area (Å²) in [5, 5.41) is 3.24. The highest BCUT2D eigenvalue weighted by atomic mass is 19.1. The largest absolute Gasteiger partial charge is 0.370 e. The van der Waals surface area contributed by atoms with Crippen molar-refractivity contribution in [1.82, 2.24) is 4.98 Å². The molecule has 28 heavy (non-hydrogen) atoms. The summed E-state index contributed by atoms with van der Waals surface area (Å²) in [7, 11) is 0. The number of carbonyl (C=O) groups excluding carboxylic acids is 1. The predicted octanol–water partition coefficient (Wildman–Crippen LogP) is 4.47. The average Bonchev–Trinajstić information content (AvgIpc) is 3.05. The summed E-state index contributed by atoms with van der Waals surface area (Å²) >= 11 is 0. The highest BCUT2D eigenvalue weighted by molar-refractivity contribution is 6.07. The molecule has 1 aliphatic heterocycles. The molecule has 142 valence electrons. The van der Waals surface area contributed by atoms with Crippen LogP contribution in [-0.4, -0.2) is 23.5 Å². The molecule has 0 saturated heterocycles. The molecule has 1 N–H and O–H groups in total. The van der Waals surface area contributed by atoms with Gasteiger partial charge < -0.3 is 10.2 Å². The molecule has 0 fully saturated rings. The van der Waals surface area contributed by atoms with Crippen LogP contribution < -0.4 is 10.2 Å². The molecule has 1 amide bonds. The number of para-hydroxylation sites is 1. The van der Waals surface area contributed by atoms with E-state index in [1.165, 1.54) is 17.7 Å². The number of hydrogen-bond donors (Lipinski definition) is 1. The van der Waals surface area contributed by atoms with E-state index in [4.69, 9.17) is 0 Å². The number of halogens is 1. The van der Waals surface area contributed by atoms with Crippen LogP contribution in [0.5, 0.6) is 0 Å². The SMILES string of the molecule is CC1Cc2ccccc2N1C(=O)c1ccc(NCCc2ccc(F)cc2)nc1. The van der Waals surface area contributed by atoms with E-state index in [2.05, 4.69) is 23.3 Å². The molecule has 2 aromatic carbocycles. The molecule has 3 aromatic rings. The molecule has 2 heterocycles. The van der Waals surface area contributed by atoms with Crippen LogP contribution in [0.15, 0.2) is 66.9 Å². The third-order valence-corrected chi connectivity index (χ3v) is 5.07. The lowest BCUT2D eigenvalue weighted by Gasteiger charge is -2.22. The number of carbonyl (C=O) groups is 1. The molecule has 1 atom stereocenters. The maximum atomic E-state index is 13.0. The zero-order valence-electron chi connectivity index (χ0n) is 15.7. The molecule has 1 aliphatic rings. The van der Waals surface area contributed by atoms with Crippen LogP contribution in [0.1, 0.15) is 28.4 Å². The van der Waals surface area contributed by atoms with Crippen molar-refractivity contribution in [2.24, 2.45) is 0 Å². The molecular formula is C23H22FN3O. The molecule has 1 aromatic heterocycles. The van der Waals surface area contributed by atoms with Gasteiger partial charge in [0.25, 0.3) is 5.91 Å². The number of fused-ring (bicyclic) bond motifs is 1. The number of amides is 1. The van der Waals surface area contributed by atoms with Crippen molar-refractivity contribution in [1.29, 1.82) is 0 Å².